The predicted molar refractivity (Wildman–Crippen MR) is 94.9 cm³/mol. The number of phenolic OH excluding ortho intramolecular Hbond substituents is 1. The molecule has 0 bridgehead atoms. The van der Waals surface area contributed by atoms with Crippen molar-refractivity contribution in [3.05, 3.63) is 71.8 Å². The first kappa shape index (κ1) is 14.0. The molecule has 114 valence electrons. The summed E-state index contributed by atoms with van der Waals surface area (Å²) in [6, 6.07) is 17.9. The van der Waals surface area contributed by atoms with Crippen LogP contribution in [-0.2, 0) is 6.42 Å². The average molecular weight is 302 g/mol. The smallest absolute Gasteiger partial charge is 0.124 e. The zero-order valence-corrected chi connectivity index (χ0v) is 12.7. The SMILES string of the molecule is NC1(N)C=Cc2c(ccc(O)c2-c2cccc3ccccc23)C1. The molecule has 23 heavy (non-hydrogen) atoms. The third-order valence-electron chi connectivity index (χ3n) is 4.43. The minimum atomic E-state index is -0.833. The van der Waals surface area contributed by atoms with Crippen LogP contribution in [-0.4, -0.2) is 10.8 Å². The van der Waals surface area contributed by atoms with Gasteiger partial charge in [-0.1, -0.05) is 54.6 Å². The second-order valence-electron chi connectivity index (χ2n) is 6.18. The van der Waals surface area contributed by atoms with E-state index in [1.807, 2.05) is 42.5 Å². The van der Waals surface area contributed by atoms with Crippen LogP contribution in [0.4, 0.5) is 0 Å². The van der Waals surface area contributed by atoms with E-state index >= 15 is 0 Å². The van der Waals surface area contributed by atoms with E-state index in [1.54, 1.807) is 6.07 Å². The lowest BCUT2D eigenvalue weighted by Crippen LogP contribution is -2.50. The van der Waals surface area contributed by atoms with Crippen LogP contribution in [0.3, 0.4) is 0 Å². The van der Waals surface area contributed by atoms with Crippen molar-refractivity contribution in [2.45, 2.75) is 12.1 Å². The standard InChI is InChI=1S/C20H18N2O/c21-20(22)11-10-16-14(12-20)8-9-18(23)19(16)17-7-3-5-13-4-1-2-6-15(13)17/h1-11,23H,12,21-22H2. The summed E-state index contributed by atoms with van der Waals surface area (Å²) in [6.45, 7) is 0. The Morgan fingerprint density at radius 2 is 1.70 bits per heavy atom. The van der Waals surface area contributed by atoms with E-state index < -0.39 is 5.66 Å². The van der Waals surface area contributed by atoms with Crippen molar-refractivity contribution in [2.75, 3.05) is 0 Å². The number of phenols is 1. The zero-order chi connectivity index (χ0) is 16.0. The van der Waals surface area contributed by atoms with E-state index in [1.165, 1.54) is 0 Å². The Kier molecular flexibility index (Phi) is 3.01. The fourth-order valence-electron chi connectivity index (χ4n) is 3.35. The molecule has 1 aliphatic carbocycles. The Bertz CT molecular complexity index is 936. The zero-order valence-electron chi connectivity index (χ0n) is 12.7. The van der Waals surface area contributed by atoms with Gasteiger partial charge in [0.15, 0.2) is 0 Å². The van der Waals surface area contributed by atoms with Gasteiger partial charge in [-0.15, -0.1) is 0 Å². The molecule has 0 aliphatic heterocycles. The van der Waals surface area contributed by atoms with Crippen LogP contribution in [0.25, 0.3) is 28.0 Å². The van der Waals surface area contributed by atoms with Crippen molar-refractivity contribution >= 4 is 16.8 Å². The third-order valence-corrected chi connectivity index (χ3v) is 4.43. The van der Waals surface area contributed by atoms with Gasteiger partial charge in [0.1, 0.15) is 5.75 Å². The highest BCUT2D eigenvalue weighted by atomic mass is 16.3. The van der Waals surface area contributed by atoms with Gasteiger partial charge in [0.05, 0.1) is 5.66 Å². The summed E-state index contributed by atoms with van der Waals surface area (Å²) in [5, 5.41) is 12.8. The Morgan fingerprint density at radius 1 is 0.913 bits per heavy atom. The van der Waals surface area contributed by atoms with E-state index in [0.717, 1.165) is 33.0 Å². The summed E-state index contributed by atoms with van der Waals surface area (Å²) in [7, 11) is 0. The maximum absolute atomic E-state index is 10.5. The summed E-state index contributed by atoms with van der Waals surface area (Å²) in [5.41, 5.74) is 15.1. The molecule has 0 fully saturated rings. The molecule has 0 saturated heterocycles. The van der Waals surface area contributed by atoms with Crippen LogP contribution in [0.2, 0.25) is 0 Å². The van der Waals surface area contributed by atoms with Crippen molar-refractivity contribution in [1.29, 1.82) is 0 Å². The fourth-order valence-corrected chi connectivity index (χ4v) is 3.35. The summed E-state index contributed by atoms with van der Waals surface area (Å²) in [6.07, 6.45) is 4.29. The molecule has 3 aromatic rings. The molecule has 0 amide bonds. The molecule has 0 spiro atoms. The molecule has 3 heteroatoms. The first-order chi connectivity index (χ1) is 11.1. The lowest BCUT2D eigenvalue weighted by molar-refractivity contribution is 0.476. The molecule has 0 atom stereocenters. The molecule has 3 nitrogen and oxygen atoms in total. The van der Waals surface area contributed by atoms with Gasteiger partial charge in [-0.25, -0.2) is 0 Å². The largest absolute Gasteiger partial charge is 0.507 e. The number of benzene rings is 3. The van der Waals surface area contributed by atoms with Crippen LogP contribution in [0.5, 0.6) is 5.75 Å². The lowest BCUT2D eigenvalue weighted by atomic mass is 9.84. The van der Waals surface area contributed by atoms with Gasteiger partial charge >= 0.3 is 0 Å². The maximum atomic E-state index is 10.5. The quantitative estimate of drug-likeness (QED) is 0.603. The second kappa shape index (κ2) is 4.95. The van der Waals surface area contributed by atoms with E-state index in [9.17, 15) is 5.11 Å². The van der Waals surface area contributed by atoms with Gasteiger partial charge in [-0.3, -0.25) is 0 Å². The van der Waals surface area contributed by atoms with Crippen molar-refractivity contribution in [3.8, 4) is 16.9 Å². The summed E-state index contributed by atoms with van der Waals surface area (Å²) in [4.78, 5) is 0. The number of fused-ring (bicyclic) bond motifs is 2. The van der Waals surface area contributed by atoms with E-state index in [4.69, 9.17) is 11.5 Å². The van der Waals surface area contributed by atoms with E-state index in [2.05, 4.69) is 18.2 Å². The number of hydrogen-bond donors (Lipinski definition) is 3. The van der Waals surface area contributed by atoms with E-state index in [0.29, 0.717) is 6.42 Å². The second-order valence-corrected chi connectivity index (χ2v) is 6.18. The van der Waals surface area contributed by atoms with Gasteiger partial charge in [-0.2, -0.15) is 0 Å². The number of rotatable bonds is 1. The summed E-state index contributed by atoms with van der Waals surface area (Å²) in [5.74, 6) is 0.270. The van der Waals surface area contributed by atoms with Crippen LogP contribution < -0.4 is 11.5 Å². The van der Waals surface area contributed by atoms with E-state index in [-0.39, 0.29) is 5.75 Å². The monoisotopic (exact) mass is 302 g/mol. The highest BCUT2D eigenvalue weighted by molar-refractivity contribution is 6.00. The Labute approximate surface area is 134 Å². The maximum Gasteiger partial charge on any atom is 0.124 e. The first-order valence-corrected chi connectivity index (χ1v) is 7.65. The Morgan fingerprint density at radius 3 is 2.57 bits per heavy atom. The van der Waals surface area contributed by atoms with Crippen molar-refractivity contribution in [3.63, 3.8) is 0 Å². The van der Waals surface area contributed by atoms with Crippen molar-refractivity contribution in [1.82, 2.24) is 0 Å². The highest BCUT2D eigenvalue weighted by Crippen LogP contribution is 2.41. The molecule has 0 unspecified atom stereocenters. The minimum Gasteiger partial charge on any atom is -0.507 e. The Hall–Kier alpha value is -2.62. The normalized spacial score (nSPS) is 15.6. The van der Waals surface area contributed by atoms with Gasteiger partial charge in [0.2, 0.25) is 0 Å². The number of hydrogen-bond acceptors (Lipinski definition) is 3. The van der Waals surface area contributed by atoms with Crippen molar-refractivity contribution in [2.24, 2.45) is 11.5 Å². The molecular weight excluding hydrogens is 284 g/mol. The third kappa shape index (κ3) is 2.31. The van der Waals surface area contributed by atoms with Crippen LogP contribution in [0, 0.1) is 0 Å². The van der Waals surface area contributed by atoms with Crippen LogP contribution in [0.1, 0.15) is 11.1 Å². The molecular formula is C20H18N2O. The molecule has 0 saturated carbocycles. The van der Waals surface area contributed by atoms with Gasteiger partial charge in [0.25, 0.3) is 0 Å². The van der Waals surface area contributed by atoms with Crippen molar-refractivity contribution < 1.29 is 5.11 Å². The first-order valence-electron chi connectivity index (χ1n) is 7.65. The highest BCUT2D eigenvalue weighted by Gasteiger charge is 2.25. The predicted octanol–water partition coefficient (Wildman–Crippen LogP) is 3.40. The molecule has 0 heterocycles. The molecule has 0 aromatic heterocycles. The molecule has 3 aromatic carbocycles. The topological polar surface area (TPSA) is 72.3 Å². The number of aromatic hydroxyl groups is 1. The van der Waals surface area contributed by atoms with Gasteiger partial charge in [0, 0.05) is 12.0 Å². The molecule has 4 rings (SSSR count). The fraction of sp³-hybridized carbons (Fsp3) is 0.100. The summed E-state index contributed by atoms with van der Waals surface area (Å²) >= 11 is 0. The minimum absolute atomic E-state index is 0.270. The van der Waals surface area contributed by atoms with Gasteiger partial charge in [-0.05, 0) is 39.6 Å². The Balaban J connectivity index is 2.03. The van der Waals surface area contributed by atoms with Crippen LogP contribution in [0.15, 0.2) is 60.7 Å². The molecule has 0 radical (unpaired) electrons. The van der Waals surface area contributed by atoms with Gasteiger partial charge < -0.3 is 16.6 Å². The average Bonchev–Trinajstić information content (AvgIpc) is 2.54. The molecule has 5 N–H and O–H groups in total. The summed E-state index contributed by atoms with van der Waals surface area (Å²) < 4.78 is 0. The lowest BCUT2D eigenvalue weighted by Gasteiger charge is -2.27. The molecule has 1 aliphatic rings. The number of nitrogens with two attached hydrogens (primary N) is 2. The van der Waals surface area contributed by atoms with Crippen LogP contribution >= 0.6 is 0 Å².